The summed E-state index contributed by atoms with van der Waals surface area (Å²) in [5, 5.41) is 0. The van der Waals surface area contributed by atoms with Gasteiger partial charge in [-0.2, -0.15) is 0 Å². The third-order valence-corrected chi connectivity index (χ3v) is 2.93. The Bertz CT molecular complexity index is 141. The Balaban J connectivity index is 2.23. The van der Waals surface area contributed by atoms with Gasteiger partial charge in [0, 0.05) is 19.7 Å². The molecule has 2 N–H and O–H groups in total. The summed E-state index contributed by atoms with van der Waals surface area (Å²) >= 11 is 0. The molecular formula is C10H22N2O. The zero-order chi connectivity index (χ0) is 9.68. The summed E-state index contributed by atoms with van der Waals surface area (Å²) in [7, 11) is 1.78. The molecule has 1 fully saturated rings. The standard InChI is InChI=1S/C10H22N2O/c1-9(3-5-11)12-6-4-10(7-12)8-13-2/h9-10H,3-8,11H2,1-2H3. The fourth-order valence-corrected chi connectivity index (χ4v) is 2.06. The van der Waals surface area contributed by atoms with Gasteiger partial charge < -0.3 is 15.4 Å². The first-order valence-electron chi connectivity index (χ1n) is 5.21. The van der Waals surface area contributed by atoms with Gasteiger partial charge in [0.2, 0.25) is 0 Å². The van der Waals surface area contributed by atoms with Gasteiger partial charge in [0.1, 0.15) is 0 Å². The molecule has 0 radical (unpaired) electrons. The first-order valence-corrected chi connectivity index (χ1v) is 5.21. The summed E-state index contributed by atoms with van der Waals surface area (Å²) in [5.41, 5.74) is 5.54. The van der Waals surface area contributed by atoms with Gasteiger partial charge in [-0.05, 0) is 38.8 Å². The molecule has 2 unspecified atom stereocenters. The van der Waals surface area contributed by atoms with Crippen LogP contribution in [0.2, 0.25) is 0 Å². The molecule has 3 heteroatoms. The molecule has 0 bridgehead atoms. The molecule has 0 aromatic heterocycles. The lowest BCUT2D eigenvalue weighted by Crippen LogP contribution is -2.33. The Hall–Kier alpha value is -0.120. The SMILES string of the molecule is COCC1CCN(C(C)CCN)C1. The zero-order valence-corrected chi connectivity index (χ0v) is 8.83. The number of hydrogen-bond acceptors (Lipinski definition) is 3. The molecule has 0 aliphatic carbocycles. The summed E-state index contributed by atoms with van der Waals surface area (Å²) in [6.45, 7) is 6.38. The average Bonchev–Trinajstić information content (AvgIpc) is 2.54. The molecule has 13 heavy (non-hydrogen) atoms. The predicted molar refractivity (Wildman–Crippen MR) is 54.7 cm³/mol. The number of nitrogens with two attached hydrogens (primary N) is 1. The van der Waals surface area contributed by atoms with Crippen LogP contribution in [0.15, 0.2) is 0 Å². The molecule has 1 rings (SSSR count). The second-order valence-corrected chi connectivity index (χ2v) is 4.03. The van der Waals surface area contributed by atoms with Gasteiger partial charge in [-0.15, -0.1) is 0 Å². The van der Waals surface area contributed by atoms with Crippen molar-refractivity contribution < 1.29 is 4.74 Å². The van der Waals surface area contributed by atoms with Crippen LogP contribution in [0, 0.1) is 5.92 Å². The van der Waals surface area contributed by atoms with E-state index in [-0.39, 0.29) is 0 Å². The third kappa shape index (κ3) is 3.25. The summed E-state index contributed by atoms with van der Waals surface area (Å²) < 4.78 is 5.16. The second kappa shape index (κ2) is 5.58. The topological polar surface area (TPSA) is 38.5 Å². The quantitative estimate of drug-likeness (QED) is 0.686. The van der Waals surface area contributed by atoms with E-state index in [0.717, 1.165) is 25.5 Å². The van der Waals surface area contributed by atoms with Crippen LogP contribution in [-0.4, -0.2) is 44.3 Å². The number of likely N-dealkylation sites (tertiary alicyclic amines) is 1. The van der Waals surface area contributed by atoms with Crippen LogP contribution in [0.3, 0.4) is 0 Å². The molecule has 0 amide bonds. The van der Waals surface area contributed by atoms with Gasteiger partial charge >= 0.3 is 0 Å². The van der Waals surface area contributed by atoms with Gasteiger partial charge in [-0.25, -0.2) is 0 Å². The Morgan fingerprint density at radius 1 is 1.62 bits per heavy atom. The van der Waals surface area contributed by atoms with Crippen LogP contribution >= 0.6 is 0 Å². The van der Waals surface area contributed by atoms with E-state index in [0.29, 0.717) is 6.04 Å². The normalized spacial score (nSPS) is 26.5. The molecule has 2 atom stereocenters. The molecule has 0 aromatic rings. The maximum Gasteiger partial charge on any atom is 0.0503 e. The molecule has 3 nitrogen and oxygen atoms in total. The van der Waals surface area contributed by atoms with Crippen molar-refractivity contribution in [1.29, 1.82) is 0 Å². The second-order valence-electron chi connectivity index (χ2n) is 4.03. The molecule has 1 aliphatic rings. The summed E-state index contributed by atoms with van der Waals surface area (Å²) in [5.74, 6) is 0.741. The maximum atomic E-state index is 5.54. The number of rotatable bonds is 5. The number of ether oxygens (including phenoxy) is 1. The monoisotopic (exact) mass is 186 g/mol. The number of methoxy groups -OCH3 is 1. The van der Waals surface area contributed by atoms with Crippen LogP contribution in [0.4, 0.5) is 0 Å². The predicted octanol–water partition coefficient (Wildman–Crippen LogP) is 0.692. The zero-order valence-electron chi connectivity index (χ0n) is 8.83. The van der Waals surface area contributed by atoms with Crippen molar-refractivity contribution in [3.63, 3.8) is 0 Å². The fourth-order valence-electron chi connectivity index (χ4n) is 2.06. The summed E-state index contributed by atoms with van der Waals surface area (Å²) in [6, 6.07) is 0.645. The van der Waals surface area contributed by atoms with Crippen LogP contribution < -0.4 is 5.73 Å². The average molecular weight is 186 g/mol. The Morgan fingerprint density at radius 2 is 2.38 bits per heavy atom. The number of nitrogens with zero attached hydrogens (tertiary/aromatic N) is 1. The van der Waals surface area contributed by atoms with E-state index in [4.69, 9.17) is 10.5 Å². The molecular weight excluding hydrogens is 164 g/mol. The van der Waals surface area contributed by atoms with E-state index >= 15 is 0 Å². The van der Waals surface area contributed by atoms with E-state index in [9.17, 15) is 0 Å². The highest BCUT2D eigenvalue weighted by atomic mass is 16.5. The molecule has 0 spiro atoms. The van der Waals surface area contributed by atoms with Gasteiger partial charge in [-0.1, -0.05) is 0 Å². The minimum Gasteiger partial charge on any atom is -0.384 e. The highest BCUT2D eigenvalue weighted by molar-refractivity contribution is 4.79. The van der Waals surface area contributed by atoms with Gasteiger partial charge in [0.05, 0.1) is 6.61 Å². The smallest absolute Gasteiger partial charge is 0.0503 e. The van der Waals surface area contributed by atoms with Crippen molar-refractivity contribution in [1.82, 2.24) is 4.90 Å². The maximum absolute atomic E-state index is 5.54. The van der Waals surface area contributed by atoms with E-state index in [1.54, 1.807) is 7.11 Å². The third-order valence-electron chi connectivity index (χ3n) is 2.93. The lowest BCUT2D eigenvalue weighted by molar-refractivity contribution is 0.147. The Kier molecular flexibility index (Phi) is 4.70. The van der Waals surface area contributed by atoms with Crippen molar-refractivity contribution in [3.8, 4) is 0 Å². The summed E-state index contributed by atoms with van der Waals surface area (Å²) in [6.07, 6.45) is 2.39. The van der Waals surface area contributed by atoms with Crippen LogP contribution in [-0.2, 0) is 4.74 Å². The molecule has 1 aliphatic heterocycles. The van der Waals surface area contributed by atoms with Gasteiger partial charge in [-0.3, -0.25) is 0 Å². The lowest BCUT2D eigenvalue weighted by atomic mass is 10.1. The Morgan fingerprint density at radius 3 is 3.00 bits per heavy atom. The van der Waals surface area contributed by atoms with Crippen molar-refractivity contribution in [2.75, 3.05) is 33.4 Å². The molecule has 1 saturated heterocycles. The highest BCUT2D eigenvalue weighted by Crippen LogP contribution is 2.19. The minimum atomic E-state index is 0.645. The van der Waals surface area contributed by atoms with Crippen molar-refractivity contribution in [2.45, 2.75) is 25.8 Å². The molecule has 1 heterocycles. The highest BCUT2D eigenvalue weighted by Gasteiger charge is 2.25. The summed E-state index contributed by atoms with van der Waals surface area (Å²) in [4.78, 5) is 2.52. The van der Waals surface area contributed by atoms with Crippen LogP contribution in [0.1, 0.15) is 19.8 Å². The van der Waals surface area contributed by atoms with Gasteiger partial charge in [0.15, 0.2) is 0 Å². The minimum absolute atomic E-state index is 0.645. The largest absolute Gasteiger partial charge is 0.384 e. The number of hydrogen-bond donors (Lipinski definition) is 1. The first-order chi connectivity index (χ1) is 6.27. The molecule has 78 valence electrons. The molecule has 0 aromatic carbocycles. The van der Waals surface area contributed by atoms with E-state index in [1.165, 1.54) is 19.5 Å². The van der Waals surface area contributed by atoms with E-state index < -0.39 is 0 Å². The Labute approximate surface area is 81.2 Å². The van der Waals surface area contributed by atoms with E-state index in [1.807, 2.05) is 0 Å². The van der Waals surface area contributed by atoms with Crippen molar-refractivity contribution in [2.24, 2.45) is 11.7 Å². The molecule has 0 saturated carbocycles. The van der Waals surface area contributed by atoms with Crippen molar-refractivity contribution >= 4 is 0 Å². The van der Waals surface area contributed by atoms with Crippen LogP contribution in [0.5, 0.6) is 0 Å². The van der Waals surface area contributed by atoms with E-state index in [2.05, 4.69) is 11.8 Å². The fraction of sp³-hybridized carbons (Fsp3) is 1.00. The van der Waals surface area contributed by atoms with Gasteiger partial charge in [0.25, 0.3) is 0 Å². The van der Waals surface area contributed by atoms with Crippen molar-refractivity contribution in [3.05, 3.63) is 0 Å². The lowest BCUT2D eigenvalue weighted by Gasteiger charge is -2.23. The first kappa shape index (κ1) is 11.0. The van der Waals surface area contributed by atoms with Crippen LogP contribution in [0.25, 0.3) is 0 Å².